The van der Waals surface area contributed by atoms with Gasteiger partial charge in [-0.25, -0.2) is 13.6 Å². The molecular weight excluding hydrogens is 342 g/mol. The van der Waals surface area contributed by atoms with Crippen LogP contribution in [0.25, 0.3) is 0 Å². The molecule has 1 rings (SSSR count). The van der Waals surface area contributed by atoms with E-state index >= 15 is 0 Å². The summed E-state index contributed by atoms with van der Waals surface area (Å²) >= 11 is 2.84. The molecule has 0 saturated heterocycles. The fourth-order valence-electron chi connectivity index (χ4n) is 1.39. The van der Waals surface area contributed by atoms with E-state index in [9.17, 15) is 23.2 Å². The Morgan fingerprint density at radius 2 is 1.80 bits per heavy atom. The second kappa shape index (κ2) is 6.42. The zero-order valence-electron chi connectivity index (χ0n) is 9.82. The van der Waals surface area contributed by atoms with Gasteiger partial charge in [-0.05, 0) is 12.1 Å². The minimum absolute atomic E-state index is 0.0796. The van der Waals surface area contributed by atoms with E-state index in [2.05, 4.69) is 15.9 Å². The lowest BCUT2D eigenvalue weighted by molar-refractivity contribution is -0.140. The summed E-state index contributed by atoms with van der Waals surface area (Å²) in [6.45, 7) is 0. The highest BCUT2D eigenvalue weighted by atomic mass is 79.9. The lowest BCUT2D eigenvalue weighted by atomic mass is 10.1. The third kappa shape index (κ3) is 3.98. The average Bonchev–Trinajstić information content (AvgIpc) is 2.25. The van der Waals surface area contributed by atoms with Crippen LogP contribution in [0.1, 0.15) is 16.8 Å². The summed E-state index contributed by atoms with van der Waals surface area (Å²) in [5.74, 6) is -6.15. The number of benzene rings is 1. The van der Waals surface area contributed by atoms with Crippen molar-refractivity contribution in [2.24, 2.45) is 5.73 Å². The van der Waals surface area contributed by atoms with Gasteiger partial charge in [-0.3, -0.25) is 9.59 Å². The number of nitrogens with one attached hydrogen (secondary N) is 1. The van der Waals surface area contributed by atoms with Crippen LogP contribution in [-0.2, 0) is 9.59 Å². The van der Waals surface area contributed by atoms with Crippen molar-refractivity contribution in [1.29, 1.82) is 0 Å². The molecule has 1 aromatic carbocycles. The van der Waals surface area contributed by atoms with Crippen LogP contribution in [0.2, 0.25) is 0 Å². The van der Waals surface area contributed by atoms with Crippen molar-refractivity contribution >= 4 is 33.7 Å². The number of halogens is 3. The Bertz CT molecular complexity index is 557. The van der Waals surface area contributed by atoms with Crippen molar-refractivity contribution in [1.82, 2.24) is 5.32 Å². The molecule has 0 fully saturated rings. The molecule has 0 aromatic heterocycles. The fraction of sp³-hybridized carbons (Fsp3) is 0.182. The van der Waals surface area contributed by atoms with E-state index in [4.69, 9.17) is 10.8 Å². The highest BCUT2D eigenvalue weighted by Crippen LogP contribution is 2.19. The zero-order valence-corrected chi connectivity index (χ0v) is 11.4. The zero-order chi connectivity index (χ0) is 15.4. The van der Waals surface area contributed by atoms with Gasteiger partial charge in [0.2, 0.25) is 5.91 Å². The predicted octanol–water partition coefficient (Wildman–Crippen LogP) is 0.786. The van der Waals surface area contributed by atoms with Gasteiger partial charge in [-0.15, -0.1) is 0 Å². The SMILES string of the molecule is NC(=O)C[C@@H](NC(=O)c1c(F)cc(Br)cc1F)C(=O)O. The molecule has 1 aromatic rings. The van der Waals surface area contributed by atoms with Gasteiger partial charge in [0.25, 0.3) is 5.91 Å². The van der Waals surface area contributed by atoms with Crippen molar-refractivity contribution in [2.45, 2.75) is 12.5 Å². The van der Waals surface area contributed by atoms with Crippen molar-refractivity contribution in [2.75, 3.05) is 0 Å². The van der Waals surface area contributed by atoms with Crippen molar-refractivity contribution in [3.05, 3.63) is 33.8 Å². The molecular formula is C11H9BrF2N2O4. The lowest BCUT2D eigenvalue weighted by Crippen LogP contribution is -2.43. The average molecular weight is 351 g/mol. The minimum atomic E-state index is -1.66. The number of aliphatic carboxylic acids is 1. The van der Waals surface area contributed by atoms with E-state index in [1.807, 2.05) is 5.32 Å². The molecule has 4 N–H and O–H groups in total. The summed E-state index contributed by atoms with van der Waals surface area (Å²) in [5.41, 5.74) is 3.88. The second-order valence-corrected chi connectivity index (χ2v) is 4.69. The van der Waals surface area contributed by atoms with Crippen molar-refractivity contribution < 1.29 is 28.3 Å². The Hall–Kier alpha value is -2.03. The molecule has 0 heterocycles. The number of carbonyl (C=O) groups is 3. The van der Waals surface area contributed by atoms with Crippen LogP contribution in [0.3, 0.4) is 0 Å². The Balaban J connectivity index is 3.01. The molecule has 20 heavy (non-hydrogen) atoms. The Morgan fingerprint density at radius 3 is 2.20 bits per heavy atom. The van der Waals surface area contributed by atoms with Crippen LogP contribution in [0.15, 0.2) is 16.6 Å². The number of nitrogens with two attached hydrogens (primary N) is 1. The van der Waals surface area contributed by atoms with Gasteiger partial charge >= 0.3 is 5.97 Å². The number of amides is 2. The summed E-state index contributed by atoms with van der Waals surface area (Å²) in [6.07, 6.45) is -0.694. The van der Waals surface area contributed by atoms with E-state index < -0.39 is 47.4 Å². The molecule has 0 radical (unpaired) electrons. The van der Waals surface area contributed by atoms with Gasteiger partial charge in [-0.1, -0.05) is 15.9 Å². The summed E-state index contributed by atoms with van der Waals surface area (Å²) in [7, 11) is 0. The molecule has 0 unspecified atom stereocenters. The summed E-state index contributed by atoms with van der Waals surface area (Å²) < 4.78 is 27.1. The first-order valence-electron chi connectivity index (χ1n) is 5.19. The van der Waals surface area contributed by atoms with Crippen LogP contribution < -0.4 is 11.1 Å². The monoisotopic (exact) mass is 350 g/mol. The Kier molecular flexibility index (Phi) is 5.14. The first kappa shape index (κ1) is 16.0. The number of carboxylic acids is 1. The smallest absolute Gasteiger partial charge is 0.326 e. The van der Waals surface area contributed by atoms with Crippen molar-refractivity contribution in [3.8, 4) is 0 Å². The molecule has 0 bridgehead atoms. The van der Waals surface area contributed by atoms with Crippen molar-refractivity contribution in [3.63, 3.8) is 0 Å². The summed E-state index contributed by atoms with van der Waals surface area (Å²) in [6, 6.07) is 0.0337. The molecule has 6 nitrogen and oxygen atoms in total. The van der Waals surface area contributed by atoms with Gasteiger partial charge in [0.15, 0.2) is 0 Å². The number of carbonyl (C=O) groups excluding carboxylic acids is 2. The Morgan fingerprint density at radius 1 is 1.30 bits per heavy atom. The molecule has 9 heteroatoms. The highest BCUT2D eigenvalue weighted by Gasteiger charge is 2.26. The number of carboxylic acid groups (broad SMARTS) is 1. The predicted molar refractivity (Wildman–Crippen MR) is 66.8 cm³/mol. The molecule has 1 atom stereocenters. The normalized spacial score (nSPS) is 11.8. The third-order valence-corrected chi connectivity index (χ3v) is 2.70. The number of rotatable bonds is 5. The summed E-state index contributed by atoms with van der Waals surface area (Å²) in [5, 5.41) is 10.6. The Labute approximate surface area is 120 Å². The van der Waals surface area contributed by atoms with Crippen LogP contribution in [0.4, 0.5) is 8.78 Å². The van der Waals surface area contributed by atoms with E-state index in [0.717, 1.165) is 12.1 Å². The molecule has 0 aliphatic heterocycles. The van der Waals surface area contributed by atoms with Gasteiger partial charge in [0.05, 0.1) is 6.42 Å². The van der Waals surface area contributed by atoms with E-state index in [1.165, 1.54) is 0 Å². The standard InChI is InChI=1S/C11H9BrF2N2O4/c12-4-1-5(13)9(6(14)2-4)10(18)16-7(11(19)20)3-8(15)17/h1-2,7H,3H2,(H2,15,17)(H,16,18)(H,19,20)/t7-/m1/s1. The van der Waals surface area contributed by atoms with Crippen LogP contribution >= 0.6 is 15.9 Å². The summed E-state index contributed by atoms with van der Waals surface area (Å²) in [4.78, 5) is 33.1. The molecule has 0 aliphatic carbocycles. The maximum Gasteiger partial charge on any atom is 0.326 e. The van der Waals surface area contributed by atoms with Gasteiger partial charge in [0.1, 0.15) is 23.2 Å². The second-order valence-electron chi connectivity index (χ2n) is 3.78. The maximum absolute atomic E-state index is 13.5. The fourth-order valence-corrected chi connectivity index (χ4v) is 1.79. The topological polar surface area (TPSA) is 109 Å². The third-order valence-electron chi connectivity index (χ3n) is 2.24. The molecule has 0 saturated carbocycles. The number of hydrogen-bond acceptors (Lipinski definition) is 3. The first-order valence-corrected chi connectivity index (χ1v) is 5.98. The highest BCUT2D eigenvalue weighted by molar-refractivity contribution is 9.10. The van der Waals surface area contributed by atoms with Gasteiger partial charge in [-0.2, -0.15) is 0 Å². The molecule has 0 spiro atoms. The molecule has 2 amide bonds. The van der Waals surface area contributed by atoms with Crippen LogP contribution in [-0.4, -0.2) is 28.9 Å². The molecule has 108 valence electrons. The molecule has 0 aliphatic rings. The quantitative estimate of drug-likeness (QED) is 0.728. The van der Waals surface area contributed by atoms with Gasteiger partial charge in [0, 0.05) is 4.47 Å². The van der Waals surface area contributed by atoms with E-state index in [0.29, 0.717) is 0 Å². The maximum atomic E-state index is 13.5. The number of primary amides is 1. The van der Waals surface area contributed by atoms with Crippen LogP contribution in [0, 0.1) is 11.6 Å². The number of hydrogen-bond donors (Lipinski definition) is 3. The minimum Gasteiger partial charge on any atom is -0.480 e. The van der Waals surface area contributed by atoms with E-state index in [1.54, 1.807) is 0 Å². The first-order chi connectivity index (χ1) is 9.22. The van der Waals surface area contributed by atoms with E-state index in [-0.39, 0.29) is 4.47 Å². The lowest BCUT2D eigenvalue weighted by Gasteiger charge is -2.13. The van der Waals surface area contributed by atoms with Gasteiger partial charge < -0.3 is 16.2 Å². The largest absolute Gasteiger partial charge is 0.480 e. The van der Waals surface area contributed by atoms with Crippen LogP contribution in [0.5, 0.6) is 0 Å².